The number of ether oxygens (including phenoxy) is 2. The minimum atomic E-state index is -0.784. The zero-order valence-electron chi connectivity index (χ0n) is 15.6. The minimum absolute atomic E-state index is 0.0603. The number of aryl methyl sites for hydroxylation is 2. The van der Waals surface area contributed by atoms with E-state index in [2.05, 4.69) is 0 Å². The van der Waals surface area contributed by atoms with Gasteiger partial charge in [0.2, 0.25) is 0 Å². The lowest BCUT2D eigenvalue weighted by Crippen LogP contribution is -2.10. The summed E-state index contributed by atoms with van der Waals surface area (Å²) >= 11 is 0. The fourth-order valence-corrected chi connectivity index (χ4v) is 3.60. The van der Waals surface area contributed by atoms with E-state index in [9.17, 15) is 19.7 Å². The van der Waals surface area contributed by atoms with Crippen molar-refractivity contribution < 1.29 is 23.6 Å². The van der Waals surface area contributed by atoms with Crippen LogP contribution < -0.4 is 10.4 Å². The summed E-state index contributed by atoms with van der Waals surface area (Å²) in [5.74, 6) is -0.621. The standard InChI is InChI=1S/C21H17NO7/c1-27-18-6-5-15(22(25)26)10-17(18)21(24)28-11-14-9-20(23)29-19-8-13-4-2-3-12(13)7-16(14)19/h5-10H,2-4,11H2,1H3. The van der Waals surface area contributed by atoms with Crippen molar-refractivity contribution in [2.75, 3.05) is 7.11 Å². The van der Waals surface area contributed by atoms with Gasteiger partial charge < -0.3 is 13.9 Å². The van der Waals surface area contributed by atoms with Crippen LogP contribution >= 0.6 is 0 Å². The number of nitro groups is 1. The fraction of sp³-hybridized carbons (Fsp3) is 0.238. The summed E-state index contributed by atoms with van der Waals surface area (Å²) in [6.07, 6.45) is 2.95. The molecule has 0 amide bonds. The third-order valence-electron chi connectivity index (χ3n) is 5.02. The van der Waals surface area contributed by atoms with Gasteiger partial charge in [0.1, 0.15) is 23.5 Å². The molecular formula is C21H17NO7. The Morgan fingerprint density at radius 3 is 2.66 bits per heavy atom. The average Bonchev–Trinajstić information content (AvgIpc) is 3.16. The van der Waals surface area contributed by atoms with Gasteiger partial charge in [-0.2, -0.15) is 0 Å². The van der Waals surface area contributed by atoms with Crippen LogP contribution in [0.4, 0.5) is 5.69 Å². The van der Waals surface area contributed by atoms with Crippen molar-refractivity contribution in [1.29, 1.82) is 0 Å². The largest absolute Gasteiger partial charge is 0.496 e. The van der Waals surface area contributed by atoms with Gasteiger partial charge in [-0.3, -0.25) is 10.1 Å². The number of non-ortho nitro benzene ring substituents is 1. The van der Waals surface area contributed by atoms with E-state index in [0.717, 1.165) is 30.9 Å². The highest BCUT2D eigenvalue weighted by Gasteiger charge is 2.20. The molecule has 0 N–H and O–H groups in total. The third-order valence-corrected chi connectivity index (χ3v) is 5.02. The highest BCUT2D eigenvalue weighted by atomic mass is 16.6. The van der Waals surface area contributed by atoms with E-state index >= 15 is 0 Å². The smallest absolute Gasteiger partial charge is 0.342 e. The first-order valence-corrected chi connectivity index (χ1v) is 9.04. The van der Waals surface area contributed by atoms with E-state index in [0.29, 0.717) is 16.5 Å². The molecule has 1 aliphatic rings. The molecule has 0 saturated heterocycles. The summed E-state index contributed by atoms with van der Waals surface area (Å²) in [5, 5.41) is 11.7. The zero-order valence-corrected chi connectivity index (χ0v) is 15.6. The number of methoxy groups -OCH3 is 1. The molecule has 0 atom stereocenters. The van der Waals surface area contributed by atoms with Crippen LogP contribution in [0, 0.1) is 10.1 Å². The summed E-state index contributed by atoms with van der Waals surface area (Å²) in [4.78, 5) is 34.9. The Balaban J connectivity index is 1.65. The number of fused-ring (bicyclic) bond motifs is 2. The molecule has 0 saturated carbocycles. The maximum absolute atomic E-state index is 12.6. The van der Waals surface area contributed by atoms with Crippen LogP contribution in [0.1, 0.15) is 33.5 Å². The van der Waals surface area contributed by atoms with Crippen LogP contribution in [0.15, 0.2) is 45.6 Å². The first-order chi connectivity index (χ1) is 14.0. The SMILES string of the molecule is COc1ccc([N+](=O)[O-])cc1C(=O)OCc1cc(=O)oc2cc3c(cc12)CCC3. The summed E-state index contributed by atoms with van der Waals surface area (Å²) < 4.78 is 15.8. The zero-order chi connectivity index (χ0) is 20.5. The number of nitrogens with zero attached hydrogens (tertiary/aromatic N) is 1. The van der Waals surface area contributed by atoms with E-state index in [1.165, 1.54) is 30.9 Å². The fourth-order valence-electron chi connectivity index (χ4n) is 3.60. The van der Waals surface area contributed by atoms with Crippen molar-refractivity contribution in [2.24, 2.45) is 0 Å². The number of nitro benzene ring substituents is 1. The lowest BCUT2D eigenvalue weighted by Gasteiger charge is -2.11. The average molecular weight is 395 g/mol. The Kier molecular flexibility index (Phi) is 4.75. The molecule has 148 valence electrons. The van der Waals surface area contributed by atoms with Gasteiger partial charge in [0.15, 0.2) is 0 Å². The molecule has 8 nitrogen and oxygen atoms in total. The first kappa shape index (κ1) is 18.7. The molecule has 3 aromatic rings. The maximum Gasteiger partial charge on any atom is 0.342 e. The molecule has 0 unspecified atom stereocenters. The van der Waals surface area contributed by atoms with Gasteiger partial charge in [-0.25, -0.2) is 9.59 Å². The maximum atomic E-state index is 12.6. The summed E-state index contributed by atoms with van der Waals surface area (Å²) in [6.45, 7) is -0.175. The van der Waals surface area contributed by atoms with Crippen LogP contribution in [-0.4, -0.2) is 18.0 Å². The van der Waals surface area contributed by atoms with Gasteiger partial charge in [0, 0.05) is 29.1 Å². The van der Waals surface area contributed by atoms with Crippen LogP contribution in [0.2, 0.25) is 0 Å². The lowest BCUT2D eigenvalue weighted by molar-refractivity contribution is -0.384. The Labute approximate surface area is 164 Å². The monoisotopic (exact) mass is 395 g/mol. The molecule has 1 heterocycles. The molecule has 1 aliphatic carbocycles. The number of hydrogen-bond acceptors (Lipinski definition) is 7. The van der Waals surface area contributed by atoms with Gasteiger partial charge in [-0.1, -0.05) is 0 Å². The Hall–Kier alpha value is -3.68. The van der Waals surface area contributed by atoms with Crippen molar-refractivity contribution in [3.8, 4) is 5.75 Å². The van der Waals surface area contributed by atoms with Crippen molar-refractivity contribution in [3.05, 3.63) is 79.2 Å². The predicted molar refractivity (Wildman–Crippen MR) is 103 cm³/mol. The summed E-state index contributed by atoms with van der Waals surface area (Å²) in [5.41, 5.74) is 2.49. The predicted octanol–water partition coefficient (Wildman–Crippen LogP) is 3.56. The van der Waals surface area contributed by atoms with E-state index in [1.54, 1.807) is 0 Å². The molecule has 0 bridgehead atoms. The normalized spacial score (nSPS) is 12.6. The molecular weight excluding hydrogens is 378 g/mol. The highest BCUT2D eigenvalue weighted by Crippen LogP contribution is 2.29. The highest BCUT2D eigenvalue weighted by molar-refractivity contribution is 5.93. The number of carbonyl (C=O) groups is 1. The second-order valence-electron chi connectivity index (χ2n) is 6.78. The molecule has 29 heavy (non-hydrogen) atoms. The van der Waals surface area contributed by atoms with Crippen molar-refractivity contribution in [1.82, 2.24) is 0 Å². The second-order valence-corrected chi connectivity index (χ2v) is 6.78. The van der Waals surface area contributed by atoms with E-state index in [1.807, 2.05) is 12.1 Å². The molecule has 8 heteroatoms. The third kappa shape index (κ3) is 3.56. The number of esters is 1. The van der Waals surface area contributed by atoms with Gasteiger partial charge in [0.25, 0.3) is 5.69 Å². The Bertz CT molecular complexity index is 1200. The van der Waals surface area contributed by atoms with Crippen LogP contribution in [0.25, 0.3) is 11.0 Å². The minimum Gasteiger partial charge on any atom is -0.496 e. The van der Waals surface area contributed by atoms with E-state index in [-0.39, 0.29) is 23.6 Å². The first-order valence-electron chi connectivity index (χ1n) is 9.04. The van der Waals surface area contributed by atoms with Gasteiger partial charge in [-0.05, 0) is 48.6 Å². The van der Waals surface area contributed by atoms with Crippen molar-refractivity contribution in [2.45, 2.75) is 25.9 Å². The van der Waals surface area contributed by atoms with Crippen molar-refractivity contribution in [3.63, 3.8) is 0 Å². The Morgan fingerprint density at radius 1 is 1.17 bits per heavy atom. The number of carbonyl (C=O) groups excluding carboxylic acids is 1. The van der Waals surface area contributed by atoms with Gasteiger partial charge in [0.05, 0.1) is 12.0 Å². The Morgan fingerprint density at radius 2 is 1.93 bits per heavy atom. The molecule has 4 rings (SSSR count). The van der Waals surface area contributed by atoms with E-state index in [4.69, 9.17) is 13.9 Å². The van der Waals surface area contributed by atoms with Gasteiger partial charge in [-0.15, -0.1) is 0 Å². The number of hydrogen-bond donors (Lipinski definition) is 0. The molecule has 0 radical (unpaired) electrons. The summed E-state index contributed by atoms with van der Waals surface area (Å²) in [6, 6.07) is 8.81. The van der Waals surface area contributed by atoms with Gasteiger partial charge >= 0.3 is 11.6 Å². The lowest BCUT2D eigenvalue weighted by atomic mass is 10.0. The molecule has 0 aliphatic heterocycles. The topological polar surface area (TPSA) is 109 Å². The molecule has 1 aromatic heterocycles. The van der Waals surface area contributed by atoms with Crippen LogP contribution in [-0.2, 0) is 24.2 Å². The number of rotatable bonds is 5. The molecule has 0 fully saturated rings. The quantitative estimate of drug-likeness (QED) is 0.281. The molecule has 2 aromatic carbocycles. The summed E-state index contributed by atoms with van der Waals surface area (Å²) in [7, 11) is 1.36. The van der Waals surface area contributed by atoms with E-state index < -0.39 is 16.5 Å². The van der Waals surface area contributed by atoms with Crippen molar-refractivity contribution >= 4 is 22.6 Å². The van der Waals surface area contributed by atoms with Crippen LogP contribution in [0.3, 0.4) is 0 Å². The number of benzene rings is 2. The van der Waals surface area contributed by atoms with Crippen LogP contribution in [0.5, 0.6) is 5.75 Å². The molecule has 0 spiro atoms. The second kappa shape index (κ2) is 7.38.